The number of aromatic amines is 1. The highest BCUT2D eigenvalue weighted by Gasteiger charge is 2.22. The number of hydrogen-bond acceptors (Lipinski definition) is 6. The van der Waals surface area contributed by atoms with E-state index in [-0.39, 0.29) is 5.56 Å². The number of methoxy groups -OCH3 is 1. The Morgan fingerprint density at radius 3 is 2.85 bits per heavy atom. The van der Waals surface area contributed by atoms with E-state index in [0.717, 1.165) is 42.1 Å². The molecule has 0 atom stereocenters. The summed E-state index contributed by atoms with van der Waals surface area (Å²) in [5.74, 6) is 1.39. The van der Waals surface area contributed by atoms with Gasteiger partial charge in [-0.3, -0.25) is 9.69 Å². The van der Waals surface area contributed by atoms with Crippen LogP contribution in [0.1, 0.15) is 16.8 Å². The average Bonchev–Trinajstić information content (AvgIpc) is 2.69. The van der Waals surface area contributed by atoms with E-state index >= 15 is 0 Å². The van der Waals surface area contributed by atoms with Crippen LogP contribution in [-0.2, 0) is 19.5 Å². The fourth-order valence-corrected chi connectivity index (χ4v) is 3.25. The second kappa shape index (κ2) is 7.05. The molecule has 2 aromatic heterocycles. The Bertz CT molecular complexity index is 971. The van der Waals surface area contributed by atoms with E-state index in [1.54, 1.807) is 19.5 Å². The smallest absolute Gasteiger partial charge is 0.255 e. The van der Waals surface area contributed by atoms with Crippen LogP contribution in [-0.4, -0.2) is 38.5 Å². The van der Waals surface area contributed by atoms with Crippen molar-refractivity contribution in [3.63, 3.8) is 0 Å². The fraction of sp³-hybridized carbons (Fsp3) is 0.263. The van der Waals surface area contributed by atoms with Crippen LogP contribution in [0.4, 0.5) is 0 Å². The van der Waals surface area contributed by atoms with E-state index in [9.17, 15) is 4.79 Å². The van der Waals surface area contributed by atoms with Gasteiger partial charge in [0.2, 0.25) is 0 Å². The minimum absolute atomic E-state index is 0.0985. The van der Waals surface area contributed by atoms with Crippen LogP contribution in [0.15, 0.2) is 47.8 Å². The minimum atomic E-state index is -0.0985. The zero-order valence-corrected chi connectivity index (χ0v) is 14.5. The molecule has 3 aromatic rings. The highest BCUT2D eigenvalue weighted by Crippen LogP contribution is 2.23. The molecule has 132 valence electrons. The molecule has 1 aliphatic rings. The summed E-state index contributed by atoms with van der Waals surface area (Å²) in [6, 6.07) is 7.96. The van der Waals surface area contributed by atoms with Crippen molar-refractivity contribution in [1.82, 2.24) is 24.8 Å². The van der Waals surface area contributed by atoms with E-state index in [0.29, 0.717) is 17.9 Å². The molecule has 1 N–H and O–H groups in total. The van der Waals surface area contributed by atoms with Crippen LogP contribution in [0.5, 0.6) is 5.75 Å². The normalized spacial score (nSPS) is 14.0. The molecular weight excluding hydrogens is 330 g/mol. The zero-order chi connectivity index (χ0) is 17.9. The van der Waals surface area contributed by atoms with Crippen molar-refractivity contribution >= 4 is 0 Å². The summed E-state index contributed by atoms with van der Waals surface area (Å²) in [4.78, 5) is 30.3. The molecule has 0 saturated carbocycles. The van der Waals surface area contributed by atoms with Crippen molar-refractivity contribution in [3.8, 4) is 17.1 Å². The molecule has 0 saturated heterocycles. The van der Waals surface area contributed by atoms with E-state index in [1.165, 1.54) is 6.33 Å². The number of para-hydroxylation sites is 1. The Labute approximate surface area is 150 Å². The molecule has 4 rings (SSSR count). The highest BCUT2D eigenvalue weighted by atomic mass is 16.5. The van der Waals surface area contributed by atoms with Crippen LogP contribution in [0.25, 0.3) is 11.4 Å². The Kier molecular flexibility index (Phi) is 4.45. The summed E-state index contributed by atoms with van der Waals surface area (Å²) in [6.07, 6.45) is 5.48. The number of hydrogen-bond donors (Lipinski definition) is 1. The van der Waals surface area contributed by atoms with Gasteiger partial charge in [-0.25, -0.2) is 15.0 Å². The SMILES string of the molecule is COc1ccccc1CN1CCc2nc(-c3cncnc3)[nH]c(=O)c2C1. The van der Waals surface area contributed by atoms with Gasteiger partial charge in [-0.05, 0) is 6.07 Å². The number of nitrogens with zero attached hydrogens (tertiary/aromatic N) is 4. The number of rotatable bonds is 4. The molecule has 0 fully saturated rings. The summed E-state index contributed by atoms with van der Waals surface area (Å²) in [7, 11) is 1.67. The van der Waals surface area contributed by atoms with Crippen molar-refractivity contribution in [2.45, 2.75) is 19.5 Å². The quantitative estimate of drug-likeness (QED) is 0.773. The van der Waals surface area contributed by atoms with Gasteiger partial charge < -0.3 is 9.72 Å². The lowest BCUT2D eigenvalue weighted by Gasteiger charge is -2.28. The van der Waals surface area contributed by atoms with E-state index in [2.05, 4.69) is 30.9 Å². The Morgan fingerprint density at radius 1 is 1.23 bits per heavy atom. The van der Waals surface area contributed by atoms with E-state index in [1.807, 2.05) is 18.2 Å². The second-order valence-electron chi connectivity index (χ2n) is 6.24. The van der Waals surface area contributed by atoms with Gasteiger partial charge in [0, 0.05) is 44.0 Å². The maximum Gasteiger partial charge on any atom is 0.255 e. The minimum Gasteiger partial charge on any atom is -0.496 e. The molecule has 26 heavy (non-hydrogen) atoms. The van der Waals surface area contributed by atoms with Crippen molar-refractivity contribution < 1.29 is 4.74 Å². The highest BCUT2D eigenvalue weighted by molar-refractivity contribution is 5.52. The topological polar surface area (TPSA) is 84.0 Å². The molecule has 0 unspecified atom stereocenters. The predicted octanol–water partition coefficient (Wildman–Crippen LogP) is 1.79. The van der Waals surface area contributed by atoms with Crippen molar-refractivity contribution in [2.24, 2.45) is 0 Å². The Hall–Kier alpha value is -3.06. The van der Waals surface area contributed by atoms with Crippen LogP contribution in [0.3, 0.4) is 0 Å². The lowest BCUT2D eigenvalue weighted by molar-refractivity contribution is 0.238. The van der Waals surface area contributed by atoms with Gasteiger partial charge in [-0.2, -0.15) is 0 Å². The van der Waals surface area contributed by atoms with Crippen molar-refractivity contribution in [3.05, 3.63) is 70.2 Å². The largest absolute Gasteiger partial charge is 0.496 e. The molecule has 3 heterocycles. The van der Waals surface area contributed by atoms with Gasteiger partial charge in [-0.15, -0.1) is 0 Å². The number of fused-ring (bicyclic) bond motifs is 1. The van der Waals surface area contributed by atoms with Crippen LogP contribution in [0.2, 0.25) is 0 Å². The second-order valence-corrected chi connectivity index (χ2v) is 6.24. The standard InChI is InChI=1S/C19H19N5O2/c1-26-17-5-3-2-4-13(17)10-24-7-6-16-15(11-24)19(25)23-18(22-16)14-8-20-12-21-9-14/h2-5,8-9,12H,6-7,10-11H2,1H3,(H,22,23,25). The molecule has 0 aliphatic carbocycles. The van der Waals surface area contributed by atoms with Crippen LogP contribution < -0.4 is 10.3 Å². The first-order valence-corrected chi connectivity index (χ1v) is 8.46. The number of nitrogens with one attached hydrogen (secondary N) is 1. The number of ether oxygens (including phenoxy) is 1. The van der Waals surface area contributed by atoms with Gasteiger partial charge in [0.05, 0.1) is 23.9 Å². The number of benzene rings is 1. The van der Waals surface area contributed by atoms with Gasteiger partial charge in [0.15, 0.2) is 0 Å². The Morgan fingerprint density at radius 2 is 2.04 bits per heavy atom. The van der Waals surface area contributed by atoms with Gasteiger partial charge in [0.25, 0.3) is 5.56 Å². The van der Waals surface area contributed by atoms with Gasteiger partial charge in [0.1, 0.15) is 17.9 Å². The molecule has 7 heteroatoms. The summed E-state index contributed by atoms with van der Waals surface area (Å²) in [5, 5.41) is 0. The third-order valence-corrected chi connectivity index (χ3v) is 4.57. The Balaban J connectivity index is 1.59. The lowest BCUT2D eigenvalue weighted by Crippen LogP contribution is -2.35. The van der Waals surface area contributed by atoms with Gasteiger partial charge in [-0.1, -0.05) is 18.2 Å². The van der Waals surface area contributed by atoms with Crippen LogP contribution in [0, 0.1) is 0 Å². The van der Waals surface area contributed by atoms with Crippen molar-refractivity contribution in [2.75, 3.05) is 13.7 Å². The first-order valence-electron chi connectivity index (χ1n) is 8.46. The monoisotopic (exact) mass is 349 g/mol. The molecule has 0 spiro atoms. The number of aromatic nitrogens is 4. The first-order chi connectivity index (χ1) is 12.7. The van der Waals surface area contributed by atoms with Gasteiger partial charge >= 0.3 is 0 Å². The molecule has 0 amide bonds. The maximum atomic E-state index is 12.6. The molecule has 1 aromatic carbocycles. The van der Waals surface area contributed by atoms with Crippen LogP contribution >= 0.6 is 0 Å². The molecular formula is C19H19N5O2. The average molecular weight is 349 g/mol. The third-order valence-electron chi connectivity index (χ3n) is 4.57. The zero-order valence-electron chi connectivity index (χ0n) is 14.5. The predicted molar refractivity (Wildman–Crippen MR) is 96.7 cm³/mol. The fourth-order valence-electron chi connectivity index (χ4n) is 3.25. The molecule has 1 aliphatic heterocycles. The van der Waals surface area contributed by atoms with E-state index < -0.39 is 0 Å². The van der Waals surface area contributed by atoms with E-state index in [4.69, 9.17) is 4.74 Å². The third kappa shape index (κ3) is 3.21. The lowest BCUT2D eigenvalue weighted by atomic mass is 10.1. The maximum absolute atomic E-state index is 12.6. The molecule has 0 bridgehead atoms. The molecule has 0 radical (unpaired) electrons. The summed E-state index contributed by atoms with van der Waals surface area (Å²) in [5.41, 5.74) is 3.30. The molecule has 7 nitrogen and oxygen atoms in total. The number of H-pyrrole nitrogens is 1. The summed E-state index contributed by atoms with van der Waals surface area (Å²) >= 11 is 0. The van der Waals surface area contributed by atoms with Crippen molar-refractivity contribution in [1.29, 1.82) is 0 Å². The first kappa shape index (κ1) is 16.4. The summed E-state index contributed by atoms with van der Waals surface area (Å²) < 4.78 is 5.43. The summed E-state index contributed by atoms with van der Waals surface area (Å²) in [6.45, 7) is 2.14.